The first kappa shape index (κ1) is 19.8. The lowest BCUT2D eigenvalue weighted by molar-refractivity contribution is 0.302. The molecule has 0 aliphatic rings. The normalized spacial score (nSPS) is 11.1. The van der Waals surface area contributed by atoms with E-state index >= 15 is 0 Å². The number of halogens is 2. The number of ether oxygens (including phenoxy) is 1. The Kier molecular flexibility index (Phi) is 6.35. The molecule has 0 bridgehead atoms. The Morgan fingerprint density at radius 2 is 1.76 bits per heavy atom. The average Bonchev–Trinajstić information content (AvgIpc) is 3.14. The summed E-state index contributed by atoms with van der Waals surface area (Å²) in [4.78, 5) is 7.96. The monoisotopic (exact) mass is 425 g/mol. The first-order valence-electron chi connectivity index (χ1n) is 9.48. The Labute approximate surface area is 179 Å². The quantitative estimate of drug-likeness (QED) is 0.351. The lowest BCUT2D eigenvalue weighted by Crippen LogP contribution is -2.17. The third-order valence-corrected chi connectivity index (χ3v) is 5.26. The number of aromatic amines is 1. The van der Waals surface area contributed by atoms with Crippen molar-refractivity contribution in [3.05, 3.63) is 93.7 Å². The van der Waals surface area contributed by atoms with E-state index in [4.69, 9.17) is 27.9 Å². The number of H-pyrrole nitrogens is 1. The molecule has 1 aromatic heterocycles. The van der Waals surface area contributed by atoms with E-state index in [2.05, 4.69) is 15.3 Å². The molecule has 1 heterocycles. The van der Waals surface area contributed by atoms with Crippen LogP contribution in [0.25, 0.3) is 11.0 Å². The van der Waals surface area contributed by atoms with Gasteiger partial charge in [0.1, 0.15) is 18.2 Å². The summed E-state index contributed by atoms with van der Waals surface area (Å²) in [5, 5.41) is 4.83. The summed E-state index contributed by atoms with van der Waals surface area (Å²) in [7, 11) is 0. The molecule has 4 nitrogen and oxygen atoms in total. The van der Waals surface area contributed by atoms with Gasteiger partial charge in [0.15, 0.2) is 0 Å². The van der Waals surface area contributed by atoms with Gasteiger partial charge in [0.2, 0.25) is 0 Å². The number of aromatic nitrogens is 2. The highest BCUT2D eigenvalue weighted by Crippen LogP contribution is 2.25. The summed E-state index contributed by atoms with van der Waals surface area (Å²) in [6.07, 6.45) is 0.811. The van der Waals surface area contributed by atoms with Gasteiger partial charge in [0, 0.05) is 40.7 Å². The van der Waals surface area contributed by atoms with Gasteiger partial charge in [-0.25, -0.2) is 4.98 Å². The first-order chi connectivity index (χ1) is 14.2. The number of fused-ring (bicyclic) bond motifs is 1. The largest absolute Gasteiger partial charge is 0.489 e. The Balaban J connectivity index is 1.35. The maximum atomic E-state index is 6.22. The second-order valence-electron chi connectivity index (χ2n) is 6.76. The number of hydrogen-bond acceptors (Lipinski definition) is 3. The molecule has 0 saturated carbocycles. The van der Waals surface area contributed by atoms with Gasteiger partial charge < -0.3 is 15.0 Å². The molecule has 4 rings (SSSR count). The summed E-state index contributed by atoms with van der Waals surface area (Å²) in [5.41, 5.74) is 4.02. The highest BCUT2D eigenvalue weighted by atomic mass is 35.5. The molecule has 6 heteroatoms. The van der Waals surface area contributed by atoms with Crippen molar-refractivity contribution < 1.29 is 4.74 Å². The third-order valence-electron chi connectivity index (χ3n) is 4.66. The lowest BCUT2D eigenvalue weighted by Gasteiger charge is -2.13. The van der Waals surface area contributed by atoms with Gasteiger partial charge in [0.25, 0.3) is 0 Å². The van der Waals surface area contributed by atoms with Crippen molar-refractivity contribution in [2.24, 2.45) is 0 Å². The number of rotatable bonds is 8. The van der Waals surface area contributed by atoms with Crippen molar-refractivity contribution in [1.82, 2.24) is 15.3 Å². The van der Waals surface area contributed by atoms with Crippen molar-refractivity contribution in [1.29, 1.82) is 0 Å². The summed E-state index contributed by atoms with van der Waals surface area (Å²) in [5.74, 6) is 1.77. The van der Waals surface area contributed by atoms with Gasteiger partial charge in [-0.05, 0) is 36.4 Å². The van der Waals surface area contributed by atoms with Crippen LogP contribution in [0, 0.1) is 0 Å². The minimum atomic E-state index is 0.410. The van der Waals surface area contributed by atoms with Crippen LogP contribution >= 0.6 is 23.2 Å². The molecule has 0 atom stereocenters. The molecule has 0 unspecified atom stereocenters. The van der Waals surface area contributed by atoms with Crippen molar-refractivity contribution in [3.8, 4) is 5.75 Å². The van der Waals surface area contributed by atoms with Crippen molar-refractivity contribution >= 4 is 34.2 Å². The molecular weight excluding hydrogens is 405 g/mol. The van der Waals surface area contributed by atoms with Gasteiger partial charge >= 0.3 is 0 Å². The Morgan fingerprint density at radius 1 is 0.931 bits per heavy atom. The molecule has 4 aromatic rings. The van der Waals surface area contributed by atoms with Crippen LogP contribution in [0.15, 0.2) is 66.7 Å². The molecule has 0 fully saturated rings. The number of para-hydroxylation sites is 2. The molecule has 0 radical (unpaired) electrons. The average molecular weight is 426 g/mol. The predicted octanol–water partition coefficient (Wildman–Crippen LogP) is 5.78. The van der Waals surface area contributed by atoms with Crippen molar-refractivity contribution in [2.75, 3.05) is 6.54 Å². The lowest BCUT2D eigenvalue weighted by atomic mass is 10.2. The molecule has 0 spiro atoms. The molecular formula is C23H21Cl2N3O. The zero-order valence-electron chi connectivity index (χ0n) is 15.8. The maximum absolute atomic E-state index is 6.22. The summed E-state index contributed by atoms with van der Waals surface area (Å²) in [6, 6.07) is 21.4. The van der Waals surface area contributed by atoms with E-state index in [1.807, 2.05) is 66.7 Å². The Bertz CT molecular complexity index is 1080. The smallest absolute Gasteiger partial charge is 0.124 e. The number of nitrogens with zero attached hydrogens (tertiary/aromatic N) is 1. The van der Waals surface area contributed by atoms with Gasteiger partial charge in [-0.15, -0.1) is 0 Å². The number of benzene rings is 3. The Morgan fingerprint density at radius 3 is 2.62 bits per heavy atom. The third kappa shape index (κ3) is 5.10. The summed E-state index contributed by atoms with van der Waals surface area (Å²) < 4.78 is 6.01. The molecule has 0 aliphatic heterocycles. The van der Waals surface area contributed by atoms with E-state index in [1.165, 1.54) is 0 Å². The highest BCUT2D eigenvalue weighted by molar-refractivity contribution is 6.31. The second-order valence-corrected chi connectivity index (χ2v) is 7.60. The summed E-state index contributed by atoms with van der Waals surface area (Å²) >= 11 is 12.4. The predicted molar refractivity (Wildman–Crippen MR) is 119 cm³/mol. The van der Waals surface area contributed by atoms with Crippen LogP contribution in [0.5, 0.6) is 5.75 Å². The van der Waals surface area contributed by atoms with E-state index in [1.54, 1.807) is 0 Å². The van der Waals surface area contributed by atoms with Gasteiger partial charge in [-0.1, -0.05) is 53.5 Å². The molecule has 0 amide bonds. The molecule has 29 heavy (non-hydrogen) atoms. The molecule has 0 saturated heterocycles. The minimum Gasteiger partial charge on any atom is -0.489 e. The van der Waals surface area contributed by atoms with Gasteiger partial charge in [-0.2, -0.15) is 0 Å². The molecule has 0 aliphatic carbocycles. The van der Waals surface area contributed by atoms with Crippen LogP contribution in [0.3, 0.4) is 0 Å². The number of nitrogens with one attached hydrogen (secondary N) is 2. The first-order valence-corrected chi connectivity index (χ1v) is 10.2. The number of imidazole rings is 1. The highest BCUT2D eigenvalue weighted by Gasteiger charge is 2.08. The van der Waals surface area contributed by atoms with E-state index in [9.17, 15) is 0 Å². The fourth-order valence-corrected chi connectivity index (χ4v) is 3.54. The SMILES string of the molecule is Clc1ccc(OCc2ccccc2Cl)c(CNCCc2nc3ccccc3[nH]2)c1. The van der Waals surface area contributed by atoms with Crippen molar-refractivity contribution in [3.63, 3.8) is 0 Å². The van der Waals surface area contributed by atoms with Crippen LogP contribution in [-0.4, -0.2) is 16.5 Å². The Hall–Kier alpha value is -2.53. The van der Waals surface area contributed by atoms with Gasteiger partial charge in [0.05, 0.1) is 11.0 Å². The maximum Gasteiger partial charge on any atom is 0.124 e. The van der Waals surface area contributed by atoms with E-state index in [0.717, 1.165) is 46.7 Å². The molecule has 148 valence electrons. The minimum absolute atomic E-state index is 0.410. The van der Waals surface area contributed by atoms with Crippen LogP contribution in [0.2, 0.25) is 10.0 Å². The van der Waals surface area contributed by atoms with Crippen LogP contribution in [-0.2, 0) is 19.6 Å². The number of hydrogen-bond donors (Lipinski definition) is 2. The zero-order valence-corrected chi connectivity index (χ0v) is 17.3. The van der Waals surface area contributed by atoms with E-state index in [-0.39, 0.29) is 0 Å². The second kappa shape index (κ2) is 9.31. The van der Waals surface area contributed by atoms with Crippen molar-refractivity contribution in [2.45, 2.75) is 19.6 Å². The molecule has 2 N–H and O–H groups in total. The summed E-state index contributed by atoms with van der Waals surface area (Å²) in [6.45, 7) is 1.85. The topological polar surface area (TPSA) is 49.9 Å². The van der Waals surface area contributed by atoms with Crippen LogP contribution < -0.4 is 10.1 Å². The van der Waals surface area contributed by atoms with Crippen LogP contribution in [0.1, 0.15) is 17.0 Å². The fraction of sp³-hybridized carbons (Fsp3) is 0.174. The van der Waals surface area contributed by atoms with E-state index < -0.39 is 0 Å². The standard InChI is InChI=1S/C23H21Cl2N3O/c24-18-9-10-22(29-15-16-5-1-2-6-19(16)25)17(13-18)14-26-12-11-23-27-20-7-3-4-8-21(20)28-23/h1-10,13,26H,11-12,14-15H2,(H,27,28). The fourth-order valence-electron chi connectivity index (χ4n) is 3.15. The van der Waals surface area contributed by atoms with Crippen LogP contribution in [0.4, 0.5) is 0 Å². The van der Waals surface area contributed by atoms with Gasteiger partial charge in [-0.3, -0.25) is 0 Å². The molecule has 3 aromatic carbocycles. The zero-order chi connectivity index (χ0) is 20.1. The van der Waals surface area contributed by atoms with E-state index in [0.29, 0.717) is 23.2 Å².